The Hall–Kier alpha value is -1.40. The molecule has 0 saturated heterocycles. The molecule has 17 heavy (non-hydrogen) atoms. The summed E-state index contributed by atoms with van der Waals surface area (Å²) in [5, 5.41) is 3.16. The first-order valence-corrected chi connectivity index (χ1v) is 7.29. The third-order valence-corrected chi connectivity index (χ3v) is 3.58. The number of hydrogen-bond donors (Lipinski definition) is 2. The van der Waals surface area contributed by atoms with E-state index in [1.807, 2.05) is 6.92 Å². The summed E-state index contributed by atoms with van der Waals surface area (Å²) in [7, 11) is -3.17. The number of benzene rings is 1. The van der Waals surface area contributed by atoms with Gasteiger partial charge in [-0.15, -0.1) is 0 Å². The van der Waals surface area contributed by atoms with Gasteiger partial charge < -0.3 is 10.3 Å². The van der Waals surface area contributed by atoms with Gasteiger partial charge >= 0.3 is 0 Å². The van der Waals surface area contributed by atoms with Crippen molar-refractivity contribution in [2.24, 2.45) is 0 Å². The minimum atomic E-state index is -3.17. The van der Waals surface area contributed by atoms with E-state index in [-0.39, 0.29) is 0 Å². The van der Waals surface area contributed by atoms with Crippen LogP contribution < -0.4 is 5.32 Å². The number of hydrogen-bond acceptors (Lipinski definition) is 4. The Kier molecular flexibility index (Phi) is 3.17. The van der Waals surface area contributed by atoms with E-state index in [1.165, 1.54) is 6.26 Å². The highest BCUT2D eigenvalue weighted by atomic mass is 32.2. The predicted molar refractivity (Wildman–Crippen MR) is 66.6 cm³/mol. The molecule has 0 aliphatic carbocycles. The molecule has 5 nitrogen and oxygen atoms in total. The van der Waals surface area contributed by atoms with Crippen molar-refractivity contribution in [1.29, 1.82) is 0 Å². The van der Waals surface area contributed by atoms with E-state index < -0.39 is 9.84 Å². The van der Waals surface area contributed by atoms with Crippen LogP contribution in [-0.2, 0) is 16.4 Å². The number of fused-ring (bicyclic) bond motifs is 1. The number of aromatic amines is 1. The summed E-state index contributed by atoms with van der Waals surface area (Å²) in [4.78, 5) is 7.77. The highest BCUT2D eigenvalue weighted by Crippen LogP contribution is 2.17. The van der Waals surface area contributed by atoms with Gasteiger partial charge in [0.15, 0.2) is 9.84 Å². The van der Waals surface area contributed by atoms with Crippen molar-refractivity contribution in [3.63, 3.8) is 0 Å². The standard InChI is InChI=1S/C11H15N3O2S/c1-3-12-7-11-13-9-5-4-8(17(2,15)16)6-10(9)14-11/h4-6,12H,3,7H2,1-2H3,(H,13,14). The van der Waals surface area contributed by atoms with Crippen LogP contribution in [-0.4, -0.2) is 31.2 Å². The summed E-state index contributed by atoms with van der Waals surface area (Å²) in [5.74, 6) is 0.813. The number of aromatic nitrogens is 2. The van der Waals surface area contributed by atoms with Crippen LogP contribution in [0.4, 0.5) is 0 Å². The summed E-state index contributed by atoms with van der Waals surface area (Å²) in [6.45, 7) is 3.54. The van der Waals surface area contributed by atoms with Crippen molar-refractivity contribution in [3.8, 4) is 0 Å². The van der Waals surface area contributed by atoms with Gasteiger partial charge in [-0.25, -0.2) is 13.4 Å². The highest BCUT2D eigenvalue weighted by molar-refractivity contribution is 7.90. The largest absolute Gasteiger partial charge is 0.341 e. The van der Waals surface area contributed by atoms with Crippen LogP contribution in [0, 0.1) is 0 Å². The first kappa shape index (κ1) is 12.1. The molecule has 1 aromatic heterocycles. The van der Waals surface area contributed by atoms with Crippen LogP contribution in [0.5, 0.6) is 0 Å². The molecule has 0 aliphatic rings. The molecule has 0 atom stereocenters. The molecule has 0 unspecified atom stereocenters. The Morgan fingerprint density at radius 2 is 2.18 bits per heavy atom. The van der Waals surface area contributed by atoms with Crippen molar-refractivity contribution in [3.05, 3.63) is 24.0 Å². The third-order valence-electron chi connectivity index (χ3n) is 2.47. The topological polar surface area (TPSA) is 74.8 Å². The van der Waals surface area contributed by atoms with E-state index in [4.69, 9.17) is 0 Å². The van der Waals surface area contributed by atoms with Gasteiger partial charge in [-0.2, -0.15) is 0 Å². The first-order chi connectivity index (χ1) is 8.00. The predicted octanol–water partition coefficient (Wildman–Crippen LogP) is 1.08. The lowest BCUT2D eigenvalue weighted by atomic mass is 10.3. The highest BCUT2D eigenvalue weighted by Gasteiger charge is 2.09. The molecule has 1 aromatic carbocycles. The maximum atomic E-state index is 11.4. The fraction of sp³-hybridized carbons (Fsp3) is 0.364. The Morgan fingerprint density at radius 1 is 1.41 bits per heavy atom. The summed E-state index contributed by atoms with van der Waals surface area (Å²) in [5.41, 5.74) is 1.53. The van der Waals surface area contributed by atoms with E-state index in [0.717, 1.165) is 23.4 Å². The second kappa shape index (κ2) is 4.46. The zero-order valence-electron chi connectivity index (χ0n) is 9.82. The van der Waals surface area contributed by atoms with Crippen LogP contribution in [0.25, 0.3) is 11.0 Å². The average Bonchev–Trinajstić information content (AvgIpc) is 2.66. The molecule has 2 N–H and O–H groups in total. The lowest BCUT2D eigenvalue weighted by molar-refractivity contribution is 0.602. The molecule has 2 rings (SSSR count). The molecule has 0 fully saturated rings. The SMILES string of the molecule is CCNCc1nc2ccc(S(C)(=O)=O)cc2[nH]1. The smallest absolute Gasteiger partial charge is 0.175 e. The summed E-state index contributed by atoms with van der Waals surface area (Å²) in [6, 6.07) is 4.92. The zero-order chi connectivity index (χ0) is 12.5. The Bertz CT molecular complexity index is 631. The van der Waals surface area contributed by atoms with Crippen molar-refractivity contribution in [1.82, 2.24) is 15.3 Å². The maximum absolute atomic E-state index is 11.4. The van der Waals surface area contributed by atoms with Crippen molar-refractivity contribution in [2.45, 2.75) is 18.4 Å². The second-order valence-corrected chi connectivity index (χ2v) is 5.93. The van der Waals surface area contributed by atoms with Crippen LogP contribution >= 0.6 is 0 Å². The van der Waals surface area contributed by atoms with E-state index in [0.29, 0.717) is 11.4 Å². The Labute approximate surface area is 100 Å². The summed E-state index contributed by atoms with van der Waals surface area (Å²) < 4.78 is 22.8. The number of imidazole rings is 1. The molecule has 0 spiro atoms. The molecule has 0 aliphatic heterocycles. The van der Waals surface area contributed by atoms with E-state index in [2.05, 4.69) is 15.3 Å². The fourth-order valence-corrected chi connectivity index (χ4v) is 2.25. The van der Waals surface area contributed by atoms with E-state index in [1.54, 1.807) is 18.2 Å². The van der Waals surface area contributed by atoms with E-state index >= 15 is 0 Å². The average molecular weight is 253 g/mol. The second-order valence-electron chi connectivity index (χ2n) is 3.91. The van der Waals surface area contributed by atoms with Gasteiger partial charge in [0.2, 0.25) is 0 Å². The van der Waals surface area contributed by atoms with Crippen molar-refractivity contribution >= 4 is 20.9 Å². The molecule has 2 aromatic rings. The van der Waals surface area contributed by atoms with Crippen LogP contribution in [0.15, 0.2) is 23.1 Å². The number of nitrogens with one attached hydrogen (secondary N) is 2. The first-order valence-electron chi connectivity index (χ1n) is 5.40. The van der Waals surface area contributed by atoms with Gasteiger partial charge in [-0.05, 0) is 24.7 Å². The fourth-order valence-electron chi connectivity index (χ4n) is 1.60. The van der Waals surface area contributed by atoms with Crippen molar-refractivity contribution in [2.75, 3.05) is 12.8 Å². The van der Waals surface area contributed by atoms with Crippen LogP contribution in [0.1, 0.15) is 12.7 Å². The van der Waals surface area contributed by atoms with Gasteiger partial charge in [0.25, 0.3) is 0 Å². The maximum Gasteiger partial charge on any atom is 0.175 e. The third kappa shape index (κ3) is 2.65. The molecule has 1 heterocycles. The quantitative estimate of drug-likeness (QED) is 0.855. The van der Waals surface area contributed by atoms with Crippen LogP contribution in [0.2, 0.25) is 0 Å². The molecular formula is C11H15N3O2S. The molecule has 0 bridgehead atoms. The van der Waals surface area contributed by atoms with Gasteiger partial charge in [0.05, 0.1) is 22.5 Å². The lowest BCUT2D eigenvalue weighted by Crippen LogP contribution is -2.12. The molecule has 6 heteroatoms. The molecule has 0 saturated carbocycles. The van der Waals surface area contributed by atoms with Gasteiger partial charge in [0, 0.05) is 6.26 Å². The van der Waals surface area contributed by atoms with Gasteiger partial charge in [-0.1, -0.05) is 6.92 Å². The normalized spacial score (nSPS) is 12.1. The van der Waals surface area contributed by atoms with Gasteiger partial charge in [-0.3, -0.25) is 0 Å². The lowest BCUT2D eigenvalue weighted by Gasteiger charge is -1.96. The number of nitrogens with zero attached hydrogens (tertiary/aromatic N) is 1. The summed E-state index contributed by atoms with van der Waals surface area (Å²) in [6.07, 6.45) is 1.20. The molecule has 0 radical (unpaired) electrons. The molecule has 0 amide bonds. The molecule has 92 valence electrons. The number of rotatable bonds is 4. The Balaban J connectivity index is 2.41. The van der Waals surface area contributed by atoms with Crippen LogP contribution in [0.3, 0.4) is 0 Å². The number of H-pyrrole nitrogens is 1. The minimum absolute atomic E-state index is 0.309. The van der Waals surface area contributed by atoms with Crippen molar-refractivity contribution < 1.29 is 8.42 Å². The summed E-state index contributed by atoms with van der Waals surface area (Å²) >= 11 is 0. The van der Waals surface area contributed by atoms with Gasteiger partial charge in [0.1, 0.15) is 5.82 Å². The van der Waals surface area contributed by atoms with E-state index in [9.17, 15) is 8.42 Å². The zero-order valence-corrected chi connectivity index (χ0v) is 10.6. The molecular weight excluding hydrogens is 238 g/mol. The number of sulfone groups is 1. The minimum Gasteiger partial charge on any atom is -0.341 e. The monoisotopic (exact) mass is 253 g/mol. The Morgan fingerprint density at radius 3 is 2.82 bits per heavy atom.